The molecule has 0 fully saturated rings. The molecule has 0 aliphatic heterocycles. The Kier molecular flexibility index (Phi) is 8.16. The van der Waals surface area contributed by atoms with Crippen LogP contribution in [0.2, 0.25) is 0 Å². The molecule has 2 aromatic carbocycles. The van der Waals surface area contributed by atoms with Gasteiger partial charge in [0.25, 0.3) is 0 Å². The van der Waals surface area contributed by atoms with Crippen molar-refractivity contribution in [1.82, 2.24) is 4.90 Å². The molecule has 0 unspecified atom stereocenters. The number of nitrogens with zero attached hydrogens (tertiary/aromatic N) is 1. The summed E-state index contributed by atoms with van der Waals surface area (Å²) < 4.78 is 10.6. The number of esters is 1. The molecule has 30 heavy (non-hydrogen) atoms. The van der Waals surface area contributed by atoms with Gasteiger partial charge in [0.1, 0.15) is 18.6 Å². The second kappa shape index (κ2) is 10.6. The quantitative estimate of drug-likeness (QED) is 0.482. The average molecular weight is 411 g/mol. The Balaban J connectivity index is 2.10. The maximum absolute atomic E-state index is 12.9. The highest BCUT2D eigenvalue weighted by molar-refractivity contribution is 5.99. The lowest BCUT2D eigenvalue weighted by Gasteiger charge is -2.27. The van der Waals surface area contributed by atoms with E-state index in [1.54, 1.807) is 20.8 Å². The molecule has 0 aromatic heterocycles. The highest BCUT2D eigenvalue weighted by Gasteiger charge is 2.31. The van der Waals surface area contributed by atoms with E-state index in [0.29, 0.717) is 0 Å². The van der Waals surface area contributed by atoms with E-state index in [9.17, 15) is 14.4 Å². The van der Waals surface area contributed by atoms with E-state index in [-0.39, 0.29) is 13.0 Å². The van der Waals surface area contributed by atoms with Crippen molar-refractivity contribution >= 4 is 17.8 Å². The van der Waals surface area contributed by atoms with Gasteiger partial charge in [-0.2, -0.15) is 0 Å². The van der Waals surface area contributed by atoms with Crippen LogP contribution in [0.15, 0.2) is 60.7 Å². The normalized spacial score (nSPS) is 12.0. The summed E-state index contributed by atoms with van der Waals surface area (Å²) in [6.07, 6.45) is -0.762. The SMILES string of the molecule is CN(C(=O)OCc1ccccc1)[C@@H](Cc1ccccc1)C(=O)CC(=O)OC(C)(C)C. The zero-order chi connectivity index (χ0) is 22.1. The first-order chi connectivity index (χ1) is 14.2. The van der Waals surface area contributed by atoms with Gasteiger partial charge < -0.3 is 14.4 Å². The van der Waals surface area contributed by atoms with Crippen LogP contribution in [0.4, 0.5) is 4.79 Å². The number of ketones is 1. The molecule has 0 bridgehead atoms. The molecule has 6 heteroatoms. The van der Waals surface area contributed by atoms with Crippen molar-refractivity contribution in [2.75, 3.05) is 7.05 Å². The van der Waals surface area contributed by atoms with Crippen LogP contribution >= 0.6 is 0 Å². The minimum absolute atomic E-state index is 0.0995. The van der Waals surface area contributed by atoms with Gasteiger partial charge in [-0.3, -0.25) is 9.59 Å². The van der Waals surface area contributed by atoms with Crippen LogP contribution in [0.5, 0.6) is 0 Å². The first kappa shape index (κ1) is 23.1. The number of carbonyl (C=O) groups is 3. The lowest BCUT2D eigenvalue weighted by Crippen LogP contribution is -2.45. The molecule has 1 atom stereocenters. The maximum atomic E-state index is 12.9. The predicted octanol–water partition coefficient (Wildman–Crippen LogP) is 4.17. The Labute approximate surface area is 177 Å². The largest absolute Gasteiger partial charge is 0.460 e. The molecule has 160 valence electrons. The Morgan fingerprint density at radius 1 is 0.900 bits per heavy atom. The molecule has 0 saturated heterocycles. The van der Waals surface area contributed by atoms with Gasteiger partial charge in [0.2, 0.25) is 0 Å². The van der Waals surface area contributed by atoms with Crippen LogP contribution in [0.25, 0.3) is 0 Å². The summed E-state index contributed by atoms with van der Waals surface area (Å²) in [6, 6.07) is 17.8. The van der Waals surface area contributed by atoms with E-state index in [1.807, 2.05) is 60.7 Å². The number of likely N-dealkylation sites (N-methyl/N-ethyl adjacent to an activating group) is 1. The van der Waals surface area contributed by atoms with E-state index in [1.165, 1.54) is 11.9 Å². The average Bonchev–Trinajstić information content (AvgIpc) is 2.69. The van der Waals surface area contributed by atoms with E-state index >= 15 is 0 Å². The van der Waals surface area contributed by atoms with Crippen molar-refractivity contribution in [2.24, 2.45) is 0 Å². The van der Waals surface area contributed by atoms with Gasteiger partial charge in [-0.05, 0) is 31.9 Å². The van der Waals surface area contributed by atoms with Crippen LogP contribution in [0, 0.1) is 0 Å². The minimum Gasteiger partial charge on any atom is -0.460 e. The van der Waals surface area contributed by atoms with E-state index in [0.717, 1.165) is 11.1 Å². The molecule has 0 heterocycles. The molecule has 0 spiro atoms. The van der Waals surface area contributed by atoms with Gasteiger partial charge in [0.15, 0.2) is 5.78 Å². The van der Waals surface area contributed by atoms with Crippen LogP contribution in [0.1, 0.15) is 38.3 Å². The highest BCUT2D eigenvalue weighted by Crippen LogP contribution is 2.15. The Morgan fingerprint density at radius 2 is 1.43 bits per heavy atom. The number of hydrogen-bond acceptors (Lipinski definition) is 5. The fourth-order valence-corrected chi connectivity index (χ4v) is 2.89. The van der Waals surface area contributed by atoms with Crippen molar-refractivity contribution in [3.8, 4) is 0 Å². The summed E-state index contributed by atoms with van der Waals surface area (Å²) in [7, 11) is 1.51. The molecular weight excluding hydrogens is 382 g/mol. The standard InChI is InChI=1S/C24H29NO5/c1-24(2,3)30-22(27)16-21(26)20(15-18-11-7-5-8-12-18)25(4)23(28)29-17-19-13-9-6-10-14-19/h5-14,20H,15-17H2,1-4H3/t20-/m0/s1. The number of amides is 1. The third kappa shape index (κ3) is 7.70. The monoisotopic (exact) mass is 411 g/mol. The van der Waals surface area contributed by atoms with Gasteiger partial charge >= 0.3 is 12.1 Å². The molecular formula is C24H29NO5. The summed E-state index contributed by atoms with van der Waals surface area (Å²) in [5, 5.41) is 0. The van der Waals surface area contributed by atoms with Crippen LogP contribution in [-0.2, 0) is 32.1 Å². The van der Waals surface area contributed by atoms with Crippen LogP contribution in [0.3, 0.4) is 0 Å². The Morgan fingerprint density at radius 3 is 1.97 bits per heavy atom. The number of hydrogen-bond donors (Lipinski definition) is 0. The van der Waals surface area contributed by atoms with Crippen LogP contribution in [-0.4, -0.2) is 41.4 Å². The van der Waals surface area contributed by atoms with Gasteiger partial charge in [-0.15, -0.1) is 0 Å². The first-order valence-corrected chi connectivity index (χ1v) is 9.87. The maximum Gasteiger partial charge on any atom is 0.410 e. The smallest absolute Gasteiger partial charge is 0.410 e. The zero-order valence-corrected chi connectivity index (χ0v) is 18.0. The number of Topliss-reactive ketones (excluding diaryl/α,β-unsaturated/α-hetero) is 1. The molecule has 0 radical (unpaired) electrons. The first-order valence-electron chi connectivity index (χ1n) is 9.87. The lowest BCUT2D eigenvalue weighted by molar-refractivity contribution is -0.156. The zero-order valence-electron chi connectivity index (χ0n) is 18.0. The van der Waals surface area contributed by atoms with Crippen molar-refractivity contribution in [3.05, 3.63) is 71.8 Å². The molecule has 2 rings (SSSR count). The lowest BCUT2D eigenvalue weighted by atomic mass is 9.99. The van der Waals surface area contributed by atoms with Crippen molar-refractivity contribution in [2.45, 2.75) is 51.9 Å². The fraction of sp³-hybridized carbons (Fsp3) is 0.375. The van der Waals surface area contributed by atoms with E-state index in [2.05, 4.69) is 0 Å². The fourth-order valence-electron chi connectivity index (χ4n) is 2.89. The van der Waals surface area contributed by atoms with E-state index < -0.39 is 35.9 Å². The predicted molar refractivity (Wildman–Crippen MR) is 114 cm³/mol. The summed E-state index contributed by atoms with van der Waals surface area (Å²) >= 11 is 0. The summed E-state index contributed by atoms with van der Waals surface area (Å²) in [5.74, 6) is -1.01. The van der Waals surface area contributed by atoms with E-state index in [4.69, 9.17) is 9.47 Å². The van der Waals surface area contributed by atoms with Gasteiger partial charge in [0.05, 0.1) is 6.04 Å². The van der Waals surface area contributed by atoms with Crippen molar-refractivity contribution in [1.29, 1.82) is 0 Å². The summed E-state index contributed by atoms with van der Waals surface area (Å²) in [5.41, 5.74) is 1.04. The van der Waals surface area contributed by atoms with Gasteiger partial charge in [-0.1, -0.05) is 60.7 Å². The third-order valence-corrected chi connectivity index (χ3v) is 4.34. The van der Waals surface area contributed by atoms with Gasteiger partial charge in [-0.25, -0.2) is 4.79 Å². The molecule has 2 aromatic rings. The molecule has 6 nitrogen and oxygen atoms in total. The number of ether oxygens (including phenoxy) is 2. The second-order valence-corrected chi connectivity index (χ2v) is 8.09. The van der Waals surface area contributed by atoms with Gasteiger partial charge in [0, 0.05) is 13.5 Å². The summed E-state index contributed by atoms with van der Waals surface area (Å²) in [4.78, 5) is 38.9. The van der Waals surface area contributed by atoms with Crippen LogP contribution < -0.4 is 0 Å². The highest BCUT2D eigenvalue weighted by atomic mass is 16.6. The number of rotatable bonds is 8. The Hall–Kier alpha value is -3.15. The molecule has 0 aliphatic carbocycles. The minimum atomic E-state index is -0.844. The number of benzene rings is 2. The molecule has 0 saturated carbocycles. The van der Waals surface area contributed by atoms with Crippen molar-refractivity contribution in [3.63, 3.8) is 0 Å². The third-order valence-electron chi connectivity index (χ3n) is 4.34. The van der Waals surface area contributed by atoms with Crippen molar-refractivity contribution < 1.29 is 23.9 Å². The summed E-state index contributed by atoms with van der Waals surface area (Å²) in [6.45, 7) is 5.32. The molecule has 0 aliphatic rings. The topological polar surface area (TPSA) is 72.9 Å². The second-order valence-electron chi connectivity index (χ2n) is 8.09. The Bertz CT molecular complexity index is 843. The molecule has 1 amide bonds. The molecule has 0 N–H and O–H groups in total. The number of carbonyl (C=O) groups excluding carboxylic acids is 3.